The second-order valence-electron chi connectivity index (χ2n) is 5.88. The Morgan fingerprint density at radius 1 is 1.19 bits per heavy atom. The Labute approximate surface area is 160 Å². The Morgan fingerprint density at radius 3 is 2.59 bits per heavy atom. The minimum Gasteiger partial charge on any atom is -0.494 e. The van der Waals surface area contributed by atoms with Gasteiger partial charge in [0.1, 0.15) is 17.3 Å². The maximum absolute atomic E-state index is 13.8. The van der Waals surface area contributed by atoms with Crippen molar-refractivity contribution in [3.05, 3.63) is 64.6 Å². The third-order valence-corrected chi connectivity index (χ3v) is 4.84. The topological polar surface area (TPSA) is 41.9 Å². The van der Waals surface area contributed by atoms with E-state index in [2.05, 4.69) is 4.99 Å². The Bertz CT molecular complexity index is 911. The molecule has 2 aromatic carbocycles. The third kappa shape index (κ3) is 4.54. The number of thioether (sulfide) groups is 1. The summed E-state index contributed by atoms with van der Waals surface area (Å²) < 4.78 is 32.4. The van der Waals surface area contributed by atoms with Crippen molar-refractivity contribution in [2.24, 2.45) is 4.99 Å². The van der Waals surface area contributed by atoms with Crippen LogP contribution in [0.25, 0.3) is 6.08 Å². The highest BCUT2D eigenvalue weighted by Gasteiger charge is 2.30. The lowest BCUT2D eigenvalue weighted by Gasteiger charge is -2.07. The molecule has 0 aliphatic carbocycles. The lowest BCUT2D eigenvalue weighted by atomic mass is 10.2. The van der Waals surface area contributed by atoms with Gasteiger partial charge in [-0.05, 0) is 54.1 Å². The van der Waals surface area contributed by atoms with Crippen LogP contribution < -0.4 is 4.74 Å². The number of carbonyl (C=O) groups is 1. The van der Waals surface area contributed by atoms with E-state index in [0.717, 1.165) is 41.6 Å². The van der Waals surface area contributed by atoms with Gasteiger partial charge in [0.2, 0.25) is 0 Å². The SMILES string of the molecule is CCCOc1ccc(/C=C2\SC(=Nc3ccc(F)cc3F)N(C)C2=O)cc1. The van der Waals surface area contributed by atoms with Gasteiger partial charge >= 0.3 is 0 Å². The van der Waals surface area contributed by atoms with Gasteiger partial charge in [0.15, 0.2) is 11.0 Å². The first-order valence-electron chi connectivity index (χ1n) is 8.42. The van der Waals surface area contributed by atoms with Crippen molar-refractivity contribution in [3.63, 3.8) is 0 Å². The number of carbonyl (C=O) groups excluding carboxylic acids is 1. The highest BCUT2D eigenvalue weighted by Crippen LogP contribution is 2.34. The van der Waals surface area contributed by atoms with E-state index in [1.165, 1.54) is 11.0 Å². The first kappa shape index (κ1) is 19.1. The molecular weight excluding hydrogens is 370 g/mol. The number of rotatable bonds is 5. The molecule has 0 unspecified atom stereocenters. The van der Waals surface area contributed by atoms with Gasteiger partial charge in [0, 0.05) is 13.1 Å². The van der Waals surface area contributed by atoms with Crippen LogP contribution in [0.1, 0.15) is 18.9 Å². The molecule has 1 aliphatic rings. The first-order chi connectivity index (χ1) is 13.0. The monoisotopic (exact) mass is 388 g/mol. The van der Waals surface area contributed by atoms with Gasteiger partial charge in [-0.15, -0.1) is 0 Å². The molecule has 140 valence electrons. The smallest absolute Gasteiger partial charge is 0.266 e. The van der Waals surface area contributed by atoms with Gasteiger partial charge in [0.05, 0.1) is 11.5 Å². The number of nitrogens with zero attached hydrogens (tertiary/aromatic N) is 2. The van der Waals surface area contributed by atoms with Crippen molar-refractivity contribution in [2.45, 2.75) is 13.3 Å². The summed E-state index contributed by atoms with van der Waals surface area (Å²) in [7, 11) is 1.57. The lowest BCUT2D eigenvalue weighted by molar-refractivity contribution is -0.121. The van der Waals surface area contributed by atoms with E-state index >= 15 is 0 Å². The van der Waals surface area contributed by atoms with Gasteiger partial charge < -0.3 is 4.74 Å². The van der Waals surface area contributed by atoms with E-state index in [1.54, 1.807) is 13.1 Å². The molecular formula is C20H18F2N2O2S. The number of ether oxygens (including phenoxy) is 1. The van der Waals surface area contributed by atoms with Gasteiger partial charge in [-0.2, -0.15) is 0 Å². The molecule has 0 atom stereocenters. The molecule has 0 radical (unpaired) electrons. The van der Waals surface area contributed by atoms with E-state index in [-0.39, 0.29) is 11.6 Å². The summed E-state index contributed by atoms with van der Waals surface area (Å²) >= 11 is 1.14. The molecule has 27 heavy (non-hydrogen) atoms. The fourth-order valence-corrected chi connectivity index (χ4v) is 3.34. The van der Waals surface area contributed by atoms with Gasteiger partial charge in [0.25, 0.3) is 5.91 Å². The zero-order valence-electron chi connectivity index (χ0n) is 14.9. The second kappa shape index (κ2) is 8.35. The summed E-state index contributed by atoms with van der Waals surface area (Å²) in [6.07, 6.45) is 2.68. The molecule has 4 nitrogen and oxygen atoms in total. The number of hydrogen-bond acceptors (Lipinski definition) is 4. The number of halogens is 2. The Hall–Kier alpha value is -2.67. The predicted molar refractivity (Wildman–Crippen MR) is 104 cm³/mol. The molecule has 1 amide bonds. The maximum Gasteiger partial charge on any atom is 0.266 e. The molecule has 1 heterocycles. The molecule has 0 saturated carbocycles. The van der Waals surface area contributed by atoms with E-state index in [9.17, 15) is 13.6 Å². The number of benzene rings is 2. The Balaban J connectivity index is 1.80. The summed E-state index contributed by atoms with van der Waals surface area (Å²) in [6, 6.07) is 10.6. The van der Waals surface area contributed by atoms with E-state index in [1.807, 2.05) is 31.2 Å². The molecule has 0 bridgehead atoms. The standard InChI is InChI=1S/C20H18F2N2O2S/c1-3-10-26-15-7-4-13(5-8-15)11-18-19(25)24(2)20(27-18)23-17-9-6-14(21)12-16(17)22/h4-9,11-12H,3,10H2,1-2H3/b18-11-,23-20?. The average molecular weight is 388 g/mol. The fourth-order valence-electron chi connectivity index (χ4n) is 2.36. The Morgan fingerprint density at radius 2 is 1.93 bits per heavy atom. The van der Waals surface area contributed by atoms with Gasteiger partial charge in [-0.3, -0.25) is 9.69 Å². The van der Waals surface area contributed by atoms with Crippen LogP contribution in [0.2, 0.25) is 0 Å². The Kier molecular flexibility index (Phi) is 5.91. The fraction of sp³-hybridized carbons (Fsp3) is 0.200. The molecule has 1 fully saturated rings. The second-order valence-corrected chi connectivity index (χ2v) is 6.89. The molecule has 0 spiro atoms. The average Bonchev–Trinajstić information content (AvgIpc) is 2.91. The summed E-state index contributed by atoms with van der Waals surface area (Å²) in [5, 5.41) is 0.333. The van der Waals surface area contributed by atoms with Crippen LogP contribution in [0.4, 0.5) is 14.5 Å². The summed E-state index contributed by atoms with van der Waals surface area (Å²) in [5.74, 6) is -0.904. The zero-order valence-corrected chi connectivity index (χ0v) is 15.7. The summed E-state index contributed by atoms with van der Waals surface area (Å²) in [6.45, 7) is 2.69. The first-order valence-corrected chi connectivity index (χ1v) is 9.24. The van der Waals surface area contributed by atoms with Crippen LogP contribution in [0.3, 0.4) is 0 Å². The van der Waals surface area contributed by atoms with Crippen LogP contribution in [-0.4, -0.2) is 29.6 Å². The normalized spacial score (nSPS) is 17.2. The maximum atomic E-state index is 13.8. The number of amidine groups is 1. The van der Waals surface area contributed by atoms with Gasteiger partial charge in [-0.1, -0.05) is 19.1 Å². The van der Waals surface area contributed by atoms with Crippen molar-refractivity contribution in [3.8, 4) is 5.75 Å². The minimum absolute atomic E-state index is 0.0165. The summed E-state index contributed by atoms with van der Waals surface area (Å²) in [5.41, 5.74) is 0.828. The quantitative estimate of drug-likeness (QED) is 0.678. The van der Waals surface area contributed by atoms with Crippen molar-refractivity contribution >= 4 is 34.6 Å². The number of likely N-dealkylation sites (N-methyl/N-ethyl adjacent to an activating group) is 1. The minimum atomic E-state index is -0.774. The zero-order chi connectivity index (χ0) is 19.4. The summed E-state index contributed by atoms with van der Waals surface area (Å²) in [4.78, 5) is 18.4. The molecule has 2 aromatic rings. The molecule has 0 aromatic heterocycles. The molecule has 7 heteroatoms. The highest BCUT2D eigenvalue weighted by molar-refractivity contribution is 8.18. The molecule has 3 rings (SSSR count). The third-order valence-electron chi connectivity index (χ3n) is 3.78. The van der Waals surface area contributed by atoms with E-state index < -0.39 is 11.6 Å². The molecule has 0 N–H and O–H groups in total. The van der Waals surface area contributed by atoms with Crippen molar-refractivity contribution in [1.82, 2.24) is 4.90 Å². The molecule has 1 aliphatic heterocycles. The van der Waals surface area contributed by atoms with E-state index in [4.69, 9.17) is 4.74 Å². The largest absolute Gasteiger partial charge is 0.494 e. The van der Waals surface area contributed by atoms with Crippen LogP contribution in [0, 0.1) is 11.6 Å². The van der Waals surface area contributed by atoms with Crippen molar-refractivity contribution in [1.29, 1.82) is 0 Å². The van der Waals surface area contributed by atoms with Crippen LogP contribution in [0.5, 0.6) is 5.75 Å². The van der Waals surface area contributed by atoms with Crippen molar-refractivity contribution in [2.75, 3.05) is 13.7 Å². The van der Waals surface area contributed by atoms with Crippen LogP contribution in [-0.2, 0) is 4.79 Å². The highest BCUT2D eigenvalue weighted by atomic mass is 32.2. The predicted octanol–water partition coefficient (Wildman–Crippen LogP) is 4.99. The van der Waals surface area contributed by atoms with Crippen molar-refractivity contribution < 1.29 is 18.3 Å². The lowest BCUT2D eigenvalue weighted by Crippen LogP contribution is -2.23. The number of aliphatic imine (C=N–C) groups is 1. The van der Waals surface area contributed by atoms with Gasteiger partial charge in [-0.25, -0.2) is 13.8 Å². The van der Waals surface area contributed by atoms with Crippen LogP contribution >= 0.6 is 11.8 Å². The van der Waals surface area contributed by atoms with E-state index in [0.29, 0.717) is 16.7 Å². The number of hydrogen-bond donors (Lipinski definition) is 0. The molecule has 1 saturated heterocycles. The number of amides is 1. The van der Waals surface area contributed by atoms with Crippen LogP contribution in [0.15, 0.2) is 52.4 Å².